The van der Waals surface area contributed by atoms with E-state index in [0.717, 1.165) is 11.3 Å². The molecule has 0 saturated heterocycles. The molecule has 0 N–H and O–H groups in total. The first-order valence-corrected chi connectivity index (χ1v) is 8.52. The van der Waals surface area contributed by atoms with Gasteiger partial charge in [-0.15, -0.1) is 0 Å². The van der Waals surface area contributed by atoms with Gasteiger partial charge in [-0.1, -0.05) is 11.6 Å². The van der Waals surface area contributed by atoms with E-state index in [0.29, 0.717) is 23.1 Å². The van der Waals surface area contributed by atoms with Crippen molar-refractivity contribution < 1.29 is 13.9 Å². The number of aryl methyl sites for hydroxylation is 2. The van der Waals surface area contributed by atoms with Crippen molar-refractivity contribution >= 4 is 17.5 Å². The number of hydrogen-bond acceptors (Lipinski definition) is 4. The van der Waals surface area contributed by atoms with E-state index in [2.05, 4.69) is 5.10 Å². The predicted molar refractivity (Wildman–Crippen MR) is 98.2 cm³/mol. The Morgan fingerprint density at radius 1 is 1.31 bits per heavy atom. The fourth-order valence-electron chi connectivity index (χ4n) is 2.49. The highest BCUT2D eigenvalue weighted by Crippen LogP contribution is 2.22. The third-order valence-electron chi connectivity index (χ3n) is 4.05. The van der Waals surface area contributed by atoms with Crippen molar-refractivity contribution in [1.82, 2.24) is 14.7 Å². The van der Waals surface area contributed by atoms with E-state index in [4.69, 9.17) is 20.8 Å². The Labute approximate surface area is 156 Å². The summed E-state index contributed by atoms with van der Waals surface area (Å²) in [5.74, 6) is 1.36. The highest BCUT2D eigenvalue weighted by Gasteiger charge is 2.17. The number of amides is 1. The van der Waals surface area contributed by atoms with Gasteiger partial charge in [0.05, 0.1) is 12.2 Å². The van der Waals surface area contributed by atoms with Crippen LogP contribution >= 0.6 is 11.6 Å². The molecule has 0 unspecified atom stereocenters. The smallest absolute Gasteiger partial charge is 0.289 e. The summed E-state index contributed by atoms with van der Waals surface area (Å²) < 4.78 is 13.1. The highest BCUT2D eigenvalue weighted by atomic mass is 35.5. The number of hydrogen-bond donors (Lipinski definition) is 0. The number of carbonyl (C=O) groups is 1. The number of halogens is 1. The standard InChI is InChI=1S/C19H20ClN3O3/c1-13-10-15(4-6-17(13)20)25-12-16-5-7-18(26-16)19(24)22(2)11-14-8-9-21-23(14)3/h4-10H,11-12H2,1-3H3. The van der Waals surface area contributed by atoms with Gasteiger partial charge in [-0.2, -0.15) is 5.10 Å². The molecule has 1 amide bonds. The fourth-order valence-corrected chi connectivity index (χ4v) is 2.61. The van der Waals surface area contributed by atoms with Crippen LogP contribution in [0.4, 0.5) is 0 Å². The molecule has 0 fully saturated rings. The zero-order chi connectivity index (χ0) is 18.7. The maximum Gasteiger partial charge on any atom is 0.289 e. The molecule has 0 aliphatic heterocycles. The van der Waals surface area contributed by atoms with Crippen LogP contribution in [0.15, 0.2) is 47.0 Å². The molecule has 3 aromatic rings. The summed E-state index contributed by atoms with van der Waals surface area (Å²) in [6.07, 6.45) is 1.70. The molecule has 6 nitrogen and oxygen atoms in total. The van der Waals surface area contributed by atoms with Crippen molar-refractivity contribution in [3.8, 4) is 5.75 Å². The Morgan fingerprint density at radius 3 is 2.81 bits per heavy atom. The highest BCUT2D eigenvalue weighted by molar-refractivity contribution is 6.31. The molecule has 0 bridgehead atoms. The maximum absolute atomic E-state index is 12.5. The van der Waals surface area contributed by atoms with Gasteiger partial charge in [0.15, 0.2) is 5.76 Å². The van der Waals surface area contributed by atoms with Gasteiger partial charge < -0.3 is 14.1 Å². The van der Waals surface area contributed by atoms with Crippen molar-refractivity contribution in [2.75, 3.05) is 7.05 Å². The summed E-state index contributed by atoms with van der Waals surface area (Å²) in [5.41, 5.74) is 1.88. The third-order valence-corrected chi connectivity index (χ3v) is 4.48. The minimum absolute atomic E-state index is 0.195. The number of benzene rings is 1. The van der Waals surface area contributed by atoms with Crippen molar-refractivity contribution in [2.45, 2.75) is 20.1 Å². The van der Waals surface area contributed by atoms with E-state index in [1.54, 1.807) is 47.1 Å². The second-order valence-corrected chi connectivity index (χ2v) is 6.48. The Balaban J connectivity index is 1.60. The molecule has 0 atom stereocenters. The first-order valence-electron chi connectivity index (χ1n) is 8.14. The van der Waals surface area contributed by atoms with Crippen molar-refractivity contribution in [2.24, 2.45) is 7.05 Å². The van der Waals surface area contributed by atoms with Crippen LogP contribution in [0, 0.1) is 6.92 Å². The van der Waals surface area contributed by atoms with Gasteiger partial charge in [-0.3, -0.25) is 9.48 Å². The molecule has 1 aromatic carbocycles. The van der Waals surface area contributed by atoms with E-state index in [1.165, 1.54) is 0 Å². The topological polar surface area (TPSA) is 60.5 Å². The maximum atomic E-state index is 12.5. The van der Waals surface area contributed by atoms with Crippen LogP contribution in [0.1, 0.15) is 27.6 Å². The summed E-state index contributed by atoms with van der Waals surface area (Å²) in [5, 5.41) is 4.80. The van der Waals surface area contributed by atoms with E-state index in [9.17, 15) is 4.79 Å². The zero-order valence-electron chi connectivity index (χ0n) is 14.9. The molecule has 2 aromatic heterocycles. The van der Waals surface area contributed by atoms with E-state index >= 15 is 0 Å². The van der Waals surface area contributed by atoms with Crippen LogP contribution in [-0.4, -0.2) is 27.6 Å². The second kappa shape index (κ2) is 7.66. The molecule has 0 spiro atoms. The number of carbonyl (C=O) groups excluding carboxylic acids is 1. The second-order valence-electron chi connectivity index (χ2n) is 6.07. The lowest BCUT2D eigenvalue weighted by Crippen LogP contribution is -2.26. The number of ether oxygens (including phenoxy) is 1. The summed E-state index contributed by atoms with van der Waals surface area (Å²) in [6.45, 7) is 2.60. The molecule has 0 radical (unpaired) electrons. The molecule has 26 heavy (non-hydrogen) atoms. The Morgan fingerprint density at radius 2 is 2.12 bits per heavy atom. The summed E-state index contributed by atoms with van der Waals surface area (Å²) in [6, 6.07) is 10.7. The van der Waals surface area contributed by atoms with Crippen LogP contribution in [0.3, 0.4) is 0 Å². The summed E-state index contributed by atoms with van der Waals surface area (Å²) >= 11 is 6.00. The number of rotatable bonds is 6. The molecule has 136 valence electrons. The SMILES string of the molecule is Cc1cc(OCc2ccc(C(=O)N(C)Cc3ccnn3C)o2)ccc1Cl. The van der Waals surface area contributed by atoms with E-state index in [1.807, 2.05) is 26.1 Å². The Bertz CT molecular complexity index is 916. The van der Waals surface area contributed by atoms with E-state index in [-0.39, 0.29) is 18.3 Å². The molecule has 0 aliphatic rings. The average Bonchev–Trinajstić information content (AvgIpc) is 3.25. The van der Waals surface area contributed by atoms with Gasteiger partial charge in [-0.05, 0) is 48.9 Å². The van der Waals surface area contributed by atoms with Crippen LogP contribution in [0.5, 0.6) is 5.75 Å². The number of furan rings is 1. The first-order chi connectivity index (χ1) is 12.4. The Hall–Kier alpha value is -2.73. The number of nitrogens with zero attached hydrogens (tertiary/aromatic N) is 3. The van der Waals surface area contributed by atoms with Crippen LogP contribution in [0.2, 0.25) is 5.02 Å². The molecular weight excluding hydrogens is 354 g/mol. The van der Waals surface area contributed by atoms with Crippen LogP contribution < -0.4 is 4.74 Å². The van der Waals surface area contributed by atoms with Gasteiger partial charge in [0.25, 0.3) is 5.91 Å². The van der Waals surface area contributed by atoms with Crippen LogP contribution in [-0.2, 0) is 20.2 Å². The largest absolute Gasteiger partial charge is 0.486 e. The Kier molecular flexibility index (Phi) is 5.32. The summed E-state index contributed by atoms with van der Waals surface area (Å²) in [4.78, 5) is 14.1. The average molecular weight is 374 g/mol. The molecule has 3 rings (SSSR count). The van der Waals surface area contributed by atoms with Gasteiger partial charge in [0, 0.05) is 25.3 Å². The minimum atomic E-state index is -0.195. The van der Waals surface area contributed by atoms with Crippen LogP contribution in [0.25, 0.3) is 0 Å². The van der Waals surface area contributed by atoms with Gasteiger partial charge in [0.1, 0.15) is 18.1 Å². The van der Waals surface area contributed by atoms with E-state index < -0.39 is 0 Å². The molecule has 7 heteroatoms. The van der Waals surface area contributed by atoms with Crippen molar-refractivity contribution in [3.63, 3.8) is 0 Å². The quantitative estimate of drug-likeness (QED) is 0.659. The first kappa shape index (κ1) is 18.1. The lowest BCUT2D eigenvalue weighted by atomic mass is 10.2. The molecular formula is C19H20ClN3O3. The van der Waals surface area contributed by atoms with Crippen molar-refractivity contribution in [1.29, 1.82) is 0 Å². The molecule has 0 saturated carbocycles. The minimum Gasteiger partial charge on any atom is -0.486 e. The number of aromatic nitrogens is 2. The normalized spacial score (nSPS) is 10.8. The van der Waals surface area contributed by atoms with Gasteiger partial charge in [0.2, 0.25) is 0 Å². The molecule has 0 aliphatic carbocycles. The summed E-state index contributed by atoms with van der Waals surface area (Å²) in [7, 11) is 3.57. The zero-order valence-corrected chi connectivity index (χ0v) is 15.7. The van der Waals surface area contributed by atoms with Crippen molar-refractivity contribution in [3.05, 3.63) is 70.4 Å². The lowest BCUT2D eigenvalue weighted by molar-refractivity contribution is 0.0746. The van der Waals surface area contributed by atoms with Gasteiger partial charge in [-0.25, -0.2) is 0 Å². The third kappa shape index (κ3) is 4.08. The molecule has 2 heterocycles. The monoisotopic (exact) mass is 373 g/mol. The fraction of sp³-hybridized carbons (Fsp3) is 0.263. The lowest BCUT2D eigenvalue weighted by Gasteiger charge is -2.15. The predicted octanol–water partition coefficient (Wildman–Crippen LogP) is 3.83. The van der Waals surface area contributed by atoms with Gasteiger partial charge >= 0.3 is 0 Å².